The van der Waals surface area contributed by atoms with Crippen LogP contribution in [0.4, 0.5) is 16.2 Å². The largest absolute Gasteiger partial charge is 0.351 e. The number of amides is 4. The molecule has 27 heavy (non-hydrogen) atoms. The third kappa shape index (κ3) is 4.63. The monoisotopic (exact) mass is 366 g/mol. The van der Waals surface area contributed by atoms with E-state index in [9.17, 15) is 14.4 Å². The van der Waals surface area contributed by atoms with E-state index in [1.807, 2.05) is 6.07 Å². The molecule has 1 aliphatic rings. The maximum atomic E-state index is 12.6. The molecule has 0 radical (unpaired) electrons. The average molecular weight is 366 g/mol. The van der Waals surface area contributed by atoms with Gasteiger partial charge in [0.1, 0.15) is 0 Å². The Kier molecular flexibility index (Phi) is 5.40. The maximum absolute atomic E-state index is 12.6. The highest BCUT2D eigenvalue weighted by atomic mass is 16.2. The van der Waals surface area contributed by atoms with Crippen LogP contribution < -0.4 is 21.3 Å². The Bertz CT molecular complexity index is 860. The molecule has 4 amide bonds. The second kappa shape index (κ2) is 7.90. The number of primary amides is 1. The number of anilines is 2. The van der Waals surface area contributed by atoms with Gasteiger partial charge in [-0.1, -0.05) is 24.3 Å². The van der Waals surface area contributed by atoms with Crippen LogP contribution in [0.2, 0.25) is 0 Å². The zero-order valence-corrected chi connectivity index (χ0v) is 15.1. The topological polar surface area (TPSA) is 105 Å². The van der Waals surface area contributed by atoms with Crippen molar-refractivity contribution >= 4 is 29.2 Å². The smallest absolute Gasteiger partial charge is 0.316 e. The van der Waals surface area contributed by atoms with Crippen molar-refractivity contribution in [2.45, 2.75) is 19.4 Å². The number of nitrogens with zero attached hydrogens (tertiary/aromatic N) is 1. The lowest BCUT2D eigenvalue weighted by Gasteiger charge is -2.20. The molecule has 4 N–H and O–H groups in total. The number of hydrogen-bond acceptors (Lipinski definition) is 3. The number of rotatable bonds is 6. The van der Waals surface area contributed by atoms with Crippen LogP contribution in [0.5, 0.6) is 0 Å². The van der Waals surface area contributed by atoms with Crippen molar-refractivity contribution in [2.75, 3.05) is 17.3 Å². The van der Waals surface area contributed by atoms with E-state index in [1.54, 1.807) is 54.4 Å². The maximum Gasteiger partial charge on any atom is 0.316 e. The van der Waals surface area contributed by atoms with Gasteiger partial charge in [-0.05, 0) is 42.7 Å². The third-order valence-electron chi connectivity index (χ3n) is 4.44. The van der Waals surface area contributed by atoms with Gasteiger partial charge in [0.05, 0.1) is 11.3 Å². The predicted molar refractivity (Wildman–Crippen MR) is 103 cm³/mol. The van der Waals surface area contributed by atoms with Crippen molar-refractivity contribution in [1.29, 1.82) is 0 Å². The molecule has 0 bridgehead atoms. The molecule has 0 spiro atoms. The Labute approximate surface area is 157 Å². The molecule has 1 saturated carbocycles. The first kappa shape index (κ1) is 18.4. The molecule has 1 fully saturated rings. The number of para-hydroxylation sites is 1. The normalized spacial score (nSPS) is 12.9. The molecule has 2 aromatic carbocycles. The fraction of sp³-hybridized carbons (Fsp3) is 0.250. The number of carbonyl (C=O) groups excluding carboxylic acids is 3. The molecule has 140 valence electrons. The highest BCUT2D eigenvalue weighted by molar-refractivity contribution is 6.05. The lowest BCUT2D eigenvalue weighted by Crippen LogP contribution is -2.31. The molecule has 1 aliphatic carbocycles. The quantitative estimate of drug-likeness (QED) is 0.731. The van der Waals surface area contributed by atoms with Crippen LogP contribution in [0.15, 0.2) is 48.5 Å². The highest BCUT2D eigenvalue weighted by Crippen LogP contribution is 2.33. The summed E-state index contributed by atoms with van der Waals surface area (Å²) in [5.74, 6) is -0.119. The lowest BCUT2D eigenvalue weighted by molar-refractivity contribution is -0.119. The minimum atomic E-state index is -0.627. The van der Waals surface area contributed by atoms with Crippen LogP contribution in [0, 0.1) is 5.92 Å². The van der Waals surface area contributed by atoms with Gasteiger partial charge in [-0.25, -0.2) is 4.79 Å². The zero-order chi connectivity index (χ0) is 19.4. The van der Waals surface area contributed by atoms with Gasteiger partial charge >= 0.3 is 6.03 Å². The summed E-state index contributed by atoms with van der Waals surface area (Å²) in [6, 6.07) is 13.5. The van der Waals surface area contributed by atoms with E-state index >= 15 is 0 Å². The standard InChI is InChI=1S/C20H22N4O3/c1-24(19(26)14-8-9-14)17-5-3-2-4-16(17)18(25)22-12-13-6-10-15(11-7-13)23-20(21)27/h2-7,10-11,14H,8-9,12H2,1H3,(H,22,25)(H3,21,23,27). The number of benzene rings is 2. The summed E-state index contributed by atoms with van der Waals surface area (Å²) in [5.41, 5.74) is 7.60. The van der Waals surface area contributed by atoms with Gasteiger partial charge in [0.15, 0.2) is 0 Å². The molecule has 0 unspecified atom stereocenters. The van der Waals surface area contributed by atoms with Gasteiger partial charge in [0.25, 0.3) is 5.91 Å². The van der Waals surface area contributed by atoms with E-state index in [0.29, 0.717) is 23.5 Å². The first-order valence-corrected chi connectivity index (χ1v) is 8.76. The Morgan fingerprint density at radius 3 is 2.37 bits per heavy atom. The summed E-state index contributed by atoms with van der Waals surface area (Å²) in [6.45, 7) is 0.324. The molecular formula is C20H22N4O3. The van der Waals surface area contributed by atoms with E-state index in [4.69, 9.17) is 5.73 Å². The molecule has 0 atom stereocenters. The highest BCUT2D eigenvalue weighted by Gasteiger charge is 2.33. The molecule has 0 heterocycles. The molecule has 2 aromatic rings. The minimum absolute atomic E-state index is 0.0489. The second-order valence-electron chi connectivity index (χ2n) is 6.56. The Morgan fingerprint density at radius 1 is 1.07 bits per heavy atom. The SMILES string of the molecule is CN(C(=O)C1CC1)c1ccccc1C(=O)NCc1ccc(NC(N)=O)cc1. The van der Waals surface area contributed by atoms with Crippen molar-refractivity contribution < 1.29 is 14.4 Å². The van der Waals surface area contributed by atoms with Crippen molar-refractivity contribution in [3.8, 4) is 0 Å². The van der Waals surface area contributed by atoms with Crippen LogP contribution in [-0.2, 0) is 11.3 Å². The Morgan fingerprint density at radius 2 is 1.74 bits per heavy atom. The molecule has 0 aromatic heterocycles. The van der Waals surface area contributed by atoms with Gasteiger partial charge < -0.3 is 21.3 Å². The van der Waals surface area contributed by atoms with Crippen LogP contribution in [0.3, 0.4) is 0 Å². The van der Waals surface area contributed by atoms with Gasteiger partial charge in [-0.15, -0.1) is 0 Å². The number of nitrogens with two attached hydrogens (primary N) is 1. The van der Waals surface area contributed by atoms with Gasteiger partial charge in [0, 0.05) is 25.2 Å². The third-order valence-corrected chi connectivity index (χ3v) is 4.44. The minimum Gasteiger partial charge on any atom is -0.351 e. The number of carbonyl (C=O) groups is 3. The number of hydrogen-bond donors (Lipinski definition) is 3. The second-order valence-corrected chi connectivity index (χ2v) is 6.56. The van der Waals surface area contributed by atoms with Gasteiger partial charge in [-0.3, -0.25) is 9.59 Å². The summed E-state index contributed by atoms with van der Waals surface area (Å²) >= 11 is 0. The number of nitrogens with one attached hydrogen (secondary N) is 2. The summed E-state index contributed by atoms with van der Waals surface area (Å²) < 4.78 is 0. The summed E-state index contributed by atoms with van der Waals surface area (Å²) in [7, 11) is 1.71. The van der Waals surface area contributed by atoms with E-state index < -0.39 is 6.03 Å². The van der Waals surface area contributed by atoms with Crippen molar-refractivity contribution in [3.05, 3.63) is 59.7 Å². The van der Waals surface area contributed by atoms with E-state index in [-0.39, 0.29) is 17.7 Å². The first-order valence-electron chi connectivity index (χ1n) is 8.76. The molecule has 7 nitrogen and oxygen atoms in total. The summed E-state index contributed by atoms with van der Waals surface area (Å²) in [6.07, 6.45) is 1.83. The van der Waals surface area contributed by atoms with Crippen molar-refractivity contribution in [3.63, 3.8) is 0 Å². The van der Waals surface area contributed by atoms with E-state index in [1.165, 1.54) is 0 Å². The van der Waals surface area contributed by atoms with E-state index in [2.05, 4.69) is 10.6 Å². The van der Waals surface area contributed by atoms with Crippen LogP contribution in [-0.4, -0.2) is 24.9 Å². The Balaban J connectivity index is 1.66. The molecule has 0 aliphatic heterocycles. The average Bonchev–Trinajstić information content (AvgIpc) is 3.51. The fourth-order valence-corrected chi connectivity index (χ4v) is 2.81. The molecule has 3 rings (SSSR count). The molecular weight excluding hydrogens is 344 g/mol. The van der Waals surface area contributed by atoms with Crippen molar-refractivity contribution in [1.82, 2.24) is 5.32 Å². The van der Waals surface area contributed by atoms with Crippen LogP contribution >= 0.6 is 0 Å². The van der Waals surface area contributed by atoms with E-state index in [0.717, 1.165) is 18.4 Å². The lowest BCUT2D eigenvalue weighted by atomic mass is 10.1. The number of urea groups is 1. The van der Waals surface area contributed by atoms with Gasteiger partial charge in [0.2, 0.25) is 5.91 Å². The molecule has 7 heteroatoms. The summed E-state index contributed by atoms with van der Waals surface area (Å²) in [5, 5.41) is 5.35. The molecule has 0 saturated heterocycles. The fourth-order valence-electron chi connectivity index (χ4n) is 2.81. The van der Waals surface area contributed by atoms with Gasteiger partial charge in [-0.2, -0.15) is 0 Å². The first-order chi connectivity index (χ1) is 13.0. The van der Waals surface area contributed by atoms with Crippen molar-refractivity contribution in [2.24, 2.45) is 11.7 Å². The summed E-state index contributed by atoms with van der Waals surface area (Å²) in [4.78, 5) is 37.4. The zero-order valence-electron chi connectivity index (χ0n) is 15.1. The van der Waals surface area contributed by atoms with Crippen LogP contribution in [0.25, 0.3) is 0 Å². The Hall–Kier alpha value is -3.35. The predicted octanol–water partition coefficient (Wildman–Crippen LogP) is 2.48. The van der Waals surface area contributed by atoms with Crippen LogP contribution in [0.1, 0.15) is 28.8 Å².